The molecule has 0 saturated carbocycles. The van der Waals surface area contributed by atoms with Crippen LogP contribution in [0.4, 0.5) is 5.69 Å². The summed E-state index contributed by atoms with van der Waals surface area (Å²) >= 11 is 0. The lowest BCUT2D eigenvalue weighted by Gasteiger charge is -2.14. The number of fused-ring (bicyclic) bond motifs is 1. The average Bonchev–Trinajstić information content (AvgIpc) is 2.81. The van der Waals surface area contributed by atoms with Gasteiger partial charge in [-0.2, -0.15) is 5.10 Å². The maximum absolute atomic E-state index is 12.2. The maximum Gasteiger partial charge on any atom is 0.241 e. The number of hydrogen-bond donors (Lipinski definition) is 2. The molecule has 0 fully saturated rings. The lowest BCUT2D eigenvalue weighted by molar-refractivity contribution is -0.118. The summed E-state index contributed by atoms with van der Waals surface area (Å²) in [5.74, 6) is 0.0612. The van der Waals surface area contributed by atoms with Crippen LogP contribution in [-0.4, -0.2) is 28.3 Å². The Bertz CT molecular complexity index is 635. The third-order valence-electron chi connectivity index (χ3n) is 3.86. The number of nitrogens with zero attached hydrogens (tertiary/aromatic N) is 2. The normalized spacial score (nSPS) is 18.0. The Balaban J connectivity index is 1.56. The molecule has 2 N–H and O–H groups in total. The molecular formula is C16H20N4O. The summed E-state index contributed by atoms with van der Waals surface area (Å²) in [5, 5.41) is 10.5. The monoisotopic (exact) mass is 284 g/mol. The number of para-hydroxylation sites is 1. The van der Waals surface area contributed by atoms with E-state index >= 15 is 0 Å². The first-order valence-corrected chi connectivity index (χ1v) is 7.32. The highest BCUT2D eigenvalue weighted by molar-refractivity contribution is 5.96. The van der Waals surface area contributed by atoms with E-state index in [1.165, 1.54) is 11.1 Å². The fraction of sp³-hybridized carbons (Fsp3) is 0.375. The standard InChI is InChI=1S/C16H20N4O/c1-20-11-12(10-18-20)8-9-17-15-7-6-13-4-2-3-5-14(13)19-16(15)21/h2-5,10-11,15,17H,6-9H2,1H3,(H,19,21). The fourth-order valence-electron chi connectivity index (χ4n) is 2.70. The fourth-order valence-corrected chi connectivity index (χ4v) is 2.70. The number of amides is 1. The summed E-state index contributed by atoms with van der Waals surface area (Å²) in [4.78, 5) is 12.2. The molecule has 0 aliphatic carbocycles. The molecule has 0 radical (unpaired) electrons. The van der Waals surface area contributed by atoms with Gasteiger partial charge in [-0.3, -0.25) is 9.48 Å². The molecule has 0 bridgehead atoms. The predicted molar refractivity (Wildman–Crippen MR) is 82.1 cm³/mol. The van der Waals surface area contributed by atoms with Gasteiger partial charge >= 0.3 is 0 Å². The molecule has 0 saturated heterocycles. The van der Waals surface area contributed by atoms with Gasteiger partial charge < -0.3 is 10.6 Å². The second-order valence-electron chi connectivity index (χ2n) is 5.46. The zero-order valence-corrected chi connectivity index (χ0v) is 12.2. The Hall–Kier alpha value is -2.14. The first-order valence-electron chi connectivity index (χ1n) is 7.32. The average molecular weight is 284 g/mol. The van der Waals surface area contributed by atoms with Gasteiger partial charge in [-0.15, -0.1) is 0 Å². The molecule has 2 aromatic rings. The van der Waals surface area contributed by atoms with Gasteiger partial charge in [0.1, 0.15) is 0 Å². The largest absolute Gasteiger partial charge is 0.324 e. The van der Waals surface area contributed by atoms with E-state index in [9.17, 15) is 4.79 Å². The molecule has 1 unspecified atom stereocenters. The quantitative estimate of drug-likeness (QED) is 0.894. The van der Waals surface area contributed by atoms with Crippen molar-refractivity contribution in [3.63, 3.8) is 0 Å². The number of aromatic nitrogens is 2. The lowest BCUT2D eigenvalue weighted by atomic mass is 10.1. The number of carbonyl (C=O) groups excluding carboxylic acids is 1. The molecule has 1 aliphatic heterocycles. The number of benzene rings is 1. The van der Waals surface area contributed by atoms with Crippen molar-refractivity contribution in [3.05, 3.63) is 47.8 Å². The van der Waals surface area contributed by atoms with Crippen LogP contribution in [0.1, 0.15) is 17.5 Å². The van der Waals surface area contributed by atoms with Crippen molar-refractivity contribution < 1.29 is 4.79 Å². The highest BCUT2D eigenvalue weighted by Crippen LogP contribution is 2.21. The number of aryl methyl sites for hydroxylation is 2. The van der Waals surface area contributed by atoms with Crippen molar-refractivity contribution in [2.24, 2.45) is 7.05 Å². The van der Waals surface area contributed by atoms with Crippen LogP contribution in [0.25, 0.3) is 0 Å². The summed E-state index contributed by atoms with van der Waals surface area (Å²) in [6, 6.07) is 7.88. The molecular weight excluding hydrogens is 264 g/mol. The molecule has 1 atom stereocenters. The van der Waals surface area contributed by atoms with Crippen LogP contribution in [0.2, 0.25) is 0 Å². The van der Waals surface area contributed by atoms with Gasteiger partial charge in [-0.05, 0) is 36.5 Å². The number of carbonyl (C=O) groups is 1. The molecule has 5 nitrogen and oxygen atoms in total. The van der Waals surface area contributed by atoms with Gasteiger partial charge in [0.25, 0.3) is 0 Å². The molecule has 1 aromatic carbocycles. The van der Waals surface area contributed by atoms with Crippen molar-refractivity contribution >= 4 is 11.6 Å². The Morgan fingerprint density at radius 3 is 3.10 bits per heavy atom. The molecule has 1 aromatic heterocycles. The first kappa shape index (κ1) is 13.8. The minimum absolute atomic E-state index is 0.0612. The van der Waals surface area contributed by atoms with Crippen LogP contribution in [0, 0.1) is 0 Å². The van der Waals surface area contributed by atoms with E-state index in [4.69, 9.17) is 0 Å². The third-order valence-corrected chi connectivity index (χ3v) is 3.86. The summed E-state index contributed by atoms with van der Waals surface area (Å²) in [7, 11) is 1.91. The Morgan fingerprint density at radius 2 is 2.29 bits per heavy atom. The van der Waals surface area contributed by atoms with E-state index in [2.05, 4.69) is 21.8 Å². The Labute approximate surface area is 124 Å². The molecule has 21 heavy (non-hydrogen) atoms. The van der Waals surface area contributed by atoms with Crippen molar-refractivity contribution in [1.29, 1.82) is 0 Å². The number of hydrogen-bond acceptors (Lipinski definition) is 3. The highest BCUT2D eigenvalue weighted by atomic mass is 16.2. The molecule has 3 rings (SSSR count). The second kappa shape index (κ2) is 6.10. The number of rotatable bonds is 4. The summed E-state index contributed by atoms with van der Waals surface area (Å²) in [6.45, 7) is 0.778. The SMILES string of the molecule is Cn1cc(CCNC2CCc3ccccc3NC2=O)cn1. The second-order valence-corrected chi connectivity index (χ2v) is 5.46. The van der Waals surface area contributed by atoms with Gasteiger partial charge in [0.05, 0.1) is 12.2 Å². The molecule has 0 spiro atoms. The molecule has 5 heteroatoms. The van der Waals surface area contributed by atoms with E-state index in [1.807, 2.05) is 37.6 Å². The minimum Gasteiger partial charge on any atom is -0.324 e. The zero-order valence-electron chi connectivity index (χ0n) is 12.2. The lowest BCUT2D eigenvalue weighted by Crippen LogP contribution is -2.40. The number of anilines is 1. The van der Waals surface area contributed by atoms with Crippen LogP contribution >= 0.6 is 0 Å². The van der Waals surface area contributed by atoms with Gasteiger partial charge in [0, 0.05) is 25.5 Å². The van der Waals surface area contributed by atoms with E-state index < -0.39 is 0 Å². The Kier molecular flexibility index (Phi) is 4.01. The van der Waals surface area contributed by atoms with Gasteiger partial charge in [0.2, 0.25) is 5.91 Å². The highest BCUT2D eigenvalue weighted by Gasteiger charge is 2.22. The number of nitrogens with one attached hydrogen (secondary N) is 2. The summed E-state index contributed by atoms with van der Waals surface area (Å²) in [5.41, 5.74) is 3.34. The molecule has 2 heterocycles. The summed E-state index contributed by atoms with van der Waals surface area (Å²) in [6.07, 6.45) is 6.50. The van der Waals surface area contributed by atoms with Crippen LogP contribution in [0.3, 0.4) is 0 Å². The van der Waals surface area contributed by atoms with Crippen LogP contribution in [-0.2, 0) is 24.7 Å². The van der Waals surface area contributed by atoms with Crippen LogP contribution in [0.15, 0.2) is 36.7 Å². The van der Waals surface area contributed by atoms with Gasteiger partial charge in [-0.25, -0.2) is 0 Å². The molecule has 1 aliphatic rings. The van der Waals surface area contributed by atoms with E-state index in [1.54, 1.807) is 4.68 Å². The van der Waals surface area contributed by atoms with E-state index in [0.717, 1.165) is 31.5 Å². The van der Waals surface area contributed by atoms with E-state index in [-0.39, 0.29) is 11.9 Å². The topological polar surface area (TPSA) is 59.0 Å². The third kappa shape index (κ3) is 3.31. The molecule has 110 valence electrons. The molecule has 1 amide bonds. The maximum atomic E-state index is 12.2. The zero-order chi connectivity index (χ0) is 14.7. The minimum atomic E-state index is -0.130. The van der Waals surface area contributed by atoms with Gasteiger partial charge in [0.15, 0.2) is 0 Å². The van der Waals surface area contributed by atoms with Crippen molar-refractivity contribution in [3.8, 4) is 0 Å². The van der Waals surface area contributed by atoms with Crippen molar-refractivity contribution in [2.45, 2.75) is 25.3 Å². The first-order chi connectivity index (χ1) is 10.2. The smallest absolute Gasteiger partial charge is 0.241 e. The summed E-state index contributed by atoms with van der Waals surface area (Å²) < 4.78 is 1.80. The van der Waals surface area contributed by atoms with Gasteiger partial charge in [-0.1, -0.05) is 18.2 Å². The van der Waals surface area contributed by atoms with Crippen molar-refractivity contribution in [2.75, 3.05) is 11.9 Å². The van der Waals surface area contributed by atoms with Crippen LogP contribution < -0.4 is 10.6 Å². The van der Waals surface area contributed by atoms with Crippen molar-refractivity contribution in [1.82, 2.24) is 15.1 Å². The Morgan fingerprint density at radius 1 is 1.43 bits per heavy atom. The van der Waals surface area contributed by atoms with Crippen LogP contribution in [0.5, 0.6) is 0 Å². The van der Waals surface area contributed by atoms with E-state index in [0.29, 0.717) is 0 Å². The predicted octanol–water partition coefficient (Wildman–Crippen LogP) is 1.51.